The minimum atomic E-state index is -5.61. The molecule has 3 rings (SSSR count). The van der Waals surface area contributed by atoms with E-state index in [0.717, 1.165) is 48.9 Å². The third kappa shape index (κ3) is 3.82. The van der Waals surface area contributed by atoms with Crippen molar-refractivity contribution in [1.82, 2.24) is 4.98 Å². The molecule has 0 atom stereocenters. The number of hydrogen-bond donors (Lipinski definition) is 0. The summed E-state index contributed by atoms with van der Waals surface area (Å²) in [4.78, 5) is 3.57. The molecular formula is C19H14F7NO2S. The lowest BCUT2D eigenvalue weighted by Gasteiger charge is -2.34. The second-order valence-corrected chi connectivity index (χ2v) is 9.06. The molecule has 0 radical (unpaired) electrons. The van der Waals surface area contributed by atoms with Crippen LogP contribution in [0, 0.1) is 11.2 Å². The number of alkyl halides is 6. The first-order valence-electron chi connectivity index (χ1n) is 8.44. The molecule has 0 N–H and O–H groups in total. The molecule has 0 unspecified atom stereocenters. The van der Waals surface area contributed by atoms with Gasteiger partial charge in [-0.3, -0.25) is 4.98 Å². The first-order valence-corrected chi connectivity index (χ1v) is 10.3. The molecule has 30 heavy (non-hydrogen) atoms. The molecule has 2 aromatic rings. The van der Waals surface area contributed by atoms with E-state index in [2.05, 4.69) is 4.98 Å². The molecule has 0 amide bonds. The van der Waals surface area contributed by atoms with Gasteiger partial charge in [-0.05, 0) is 53.8 Å². The van der Waals surface area contributed by atoms with Crippen LogP contribution in [-0.2, 0) is 9.84 Å². The normalized spacial score (nSPS) is 17.5. The quantitative estimate of drug-likeness (QED) is 0.582. The molecule has 162 valence electrons. The smallest absolute Gasteiger partial charge is 0.255 e. The molecule has 1 aliphatic carbocycles. The maximum atomic E-state index is 13.7. The fourth-order valence-corrected chi connectivity index (χ4v) is 3.95. The summed E-state index contributed by atoms with van der Waals surface area (Å²) in [7, 11) is -3.66. The van der Waals surface area contributed by atoms with Crippen LogP contribution in [-0.4, -0.2) is 32.0 Å². The highest BCUT2D eigenvalue weighted by Gasteiger charge is 2.72. The zero-order valence-electron chi connectivity index (χ0n) is 15.3. The zero-order valence-corrected chi connectivity index (χ0v) is 16.1. The highest BCUT2D eigenvalue weighted by atomic mass is 32.2. The van der Waals surface area contributed by atoms with Gasteiger partial charge in [0, 0.05) is 12.5 Å². The van der Waals surface area contributed by atoms with Crippen LogP contribution in [0.3, 0.4) is 0 Å². The van der Waals surface area contributed by atoms with Crippen molar-refractivity contribution in [3.05, 3.63) is 59.7 Å². The van der Waals surface area contributed by atoms with Crippen LogP contribution in [0.1, 0.15) is 24.1 Å². The summed E-state index contributed by atoms with van der Waals surface area (Å²) in [6, 6.07) is 6.19. The molecule has 1 heterocycles. The number of halogens is 7. The largest absolute Gasteiger partial charge is 0.403 e. The summed E-state index contributed by atoms with van der Waals surface area (Å²) < 4.78 is 118. The van der Waals surface area contributed by atoms with Crippen LogP contribution in [0.4, 0.5) is 30.7 Å². The highest BCUT2D eigenvalue weighted by molar-refractivity contribution is 7.90. The molecule has 0 aliphatic heterocycles. The third-order valence-corrected chi connectivity index (χ3v) is 6.17. The van der Waals surface area contributed by atoms with E-state index in [-0.39, 0.29) is 27.3 Å². The average Bonchev–Trinajstić information content (AvgIpc) is 3.04. The maximum Gasteiger partial charge on any atom is 0.403 e. The van der Waals surface area contributed by atoms with Crippen LogP contribution in [0.25, 0.3) is 11.1 Å². The standard InChI is InChI=1S/C19H14F7NO2S/c1-30(28,29)13-6-7-16(27-10-13)15-9-17(18(21,22)23,19(24,25)26)8-14(15)11-2-4-12(20)5-3-11/h2-7,10H,8-9H2,1H3. The van der Waals surface area contributed by atoms with Crippen molar-refractivity contribution in [3.63, 3.8) is 0 Å². The van der Waals surface area contributed by atoms with Crippen LogP contribution in [0.2, 0.25) is 0 Å². The molecule has 0 bridgehead atoms. The Morgan fingerprint density at radius 3 is 1.83 bits per heavy atom. The molecular weight excluding hydrogens is 439 g/mol. The van der Waals surface area contributed by atoms with Crippen molar-refractivity contribution in [2.24, 2.45) is 5.41 Å². The number of rotatable bonds is 3. The fraction of sp³-hybridized carbons (Fsp3) is 0.316. The topological polar surface area (TPSA) is 47.0 Å². The van der Waals surface area contributed by atoms with Crippen molar-refractivity contribution in [2.45, 2.75) is 30.1 Å². The van der Waals surface area contributed by atoms with E-state index in [1.165, 1.54) is 0 Å². The van der Waals surface area contributed by atoms with E-state index < -0.39 is 46.3 Å². The molecule has 11 heteroatoms. The Kier molecular flexibility index (Phi) is 5.25. The zero-order chi connectivity index (χ0) is 22.5. The van der Waals surface area contributed by atoms with Crippen molar-refractivity contribution >= 4 is 21.0 Å². The van der Waals surface area contributed by atoms with Gasteiger partial charge < -0.3 is 0 Å². The van der Waals surface area contributed by atoms with Crippen LogP contribution >= 0.6 is 0 Å². The first-order chi connectivity index (χ1) is 13.7. The predicted molar refractivity (Wildman–Crippen MR) is 94.3 cm³/mol. The van der Waals surface area contributed by atoms with Gasteiger partial charge in [0.25, 0.3) is 0 Å². The molecule has 0 fully saturated rings. The lowest BCUT2D eigenvalue weighted by Crippen LogP contribution is -2.48. The Hall–Kier alpha value is -2.43. The number of allylic oxidation sites excluding steroid dienone is 2. The number of benzene rings is 1. The van der Waals surface area contributed by atoms with Gasteiger partial charge in [-0.15, -0.1) is 0 Å². The van der Waals surface area contributed by atoms with Gasteiger partial charge in [-0.25, -0.2) is 12.8 Å². The molecule has 0 saturated carbocycles. The van der Waals surface area contributed by atoms with Gasteiger partial charge >= 0.3 is 12.4 Å². The predicted octanol–water partition coefficient (Wildman–Crippen LogP) is 5.44. The summed E-state index contributed by atoms with van der Waals surface area (Å²) in [6.45, 7) is 0. The number of aromatic nitrogens is 1. The van der Waals surface area contributed by atoms with Crippen molar-refractivity contribution in [1.29, 1.82) is 0 Å². The Morgan fingerprint density at radius 1 is 0.867 bits per heavy atom. The van der Waals surface area contributed by atoms with Crippen molar-refractivity contribution in [2.75, 3.05) is 6.26 Å². The molecule has 0 spiro atoms. The van der Waals surface area contributed by atoms with E-state index in [1.807, 2.05) is 0 Å². The summed E-state index contributed by atoms with van der Waals surface area (Å²) in [5.74, 6) is -0.701. The van der Waals surface area contributed by atoms with Gasteiger partial charge in [0.1, 0.15) is 5.82 Å². The van der Waals surface area contributed by atoms with Crippen molar-refractivity contribution < 1.29 is 39.2 Å². The number of hydrogen-bond acceptors (Lipinski definition) is 3. The number of nitrogens with zero attached hydrogens (tertiary/aromatic N) is 1. The van der Waals surface area contributed by atoms with E-state index in [0.29, 0.717) is 0 Å². The SMILES string of the molecule is CS(=O)(=O)c1ccc(C2=C(c3ccc(F)cc3)CC(C(F)(F)F)(C(F)(F)F)C2)nc1. The number of pyridine rings is 1. The Labute approximate surface area is 167 Å². The molecule has 3 nitrogen and oxygen atoms in total. The summed E-state index contributed by atoms with van der Waals surface area (Å²) in [5.41, 5.74) is -4.84. The van der Waals surface area contributed by atoms with Gasteiger partial charge in [0.2, 0.25) is 0 Å². The van der Waals surface area contributed by atoms with Crippen LogP contribution < -0.4 is 0 Å². The monoisotopic (exact) mass is 453 g/mol. The Balaban J connectivity index is 2.20. The van der Waals surface area contributed by atoms with E-state index in [4.69, 9.17) is 0 Å². The van der Waals surface area contributed by atoms with Gasteiger partial charge in [-0.2, -0.15) is 26.3 Å². The van der Waals surface area contributed by atoms with Gasteiger partial charge in [-0.1, -0.05) is 12.1 Å². The average molecular weight is 453 g/mol. The lowest BCUT2D eigenvalue weighted by atomic mass is 9.81. The molecule has 1 aliphatic rings. The minimum Gasteiger partial charge on any atom is -0.255 e. The summed E-state index contributed by atoms with van der Waals surface area (Å²) >= 11 is 0. The second-order valence-electron chi connectivity index (χ2n) is 7.05. The highest BCUT2D eigenvalue weighted by Crippen LogP contribution is 2.64. The van der Waals surface area contributed by atoms with E-state index in [9.17, 15) is 39.2 Å². The summed E-state index contributed by atoms with van der Waals surface area (Å²) in [5, 5.41) is 0. The second kappa shape index (κ2) is 7.07. The Morgan fingerprint density at radius 2 is 1.40 bits per heavy atom. The van der Waals surface area contributed by atoms with E-state index in [1.54, 1.807) is 0 Å². The van der Waals surface area contributed by atoms with E-state index >= 15 is 0 Å². The minimum absolute atomic E-state index is 0.00392. The van der Waals surface area contributed by atoms with Crippen LogP contribution in [0.15, 0.2) is 47.5 Å². The molecule has 1 aromatic heterocycles. The van der Waals surface area contributed by atoms with Crippen LogP contribution in [0.5, 0.6) is 0 Å². The number of sulfone groups is 1. The third-order valence-electron chi connectivity index (χ3n) is 5.07. The lowest BCUT2D eigenvalue weighted by molar-refractivity contribution is -0.335. The summed E-state index contributed by atoms with van der Waals surface area (Å²) in [6.07, 6.45) is -12.3. The molecule has 1 aromatic carbocycles. The molecule has 0 saturated heterocycles. The first kappa shape index (κ1) is 22.3. The fourth-order valence-electron chi connectivity index (χ4n) is 3.39. The van der Waals surface area contributed by atoms with Crippen molar-refractivity contribution in [3.8, 4) is 0 Å². The maximum absolute atomic E-state index is 13.7. The van der Waals surface area contributed by atoms with Gasteiger partial charge in [0.15, 0.2) is 15.3 Å². The van der Waals surface area contributed by atoms with Gasteiger partial charge in [0.05, 0.1) is 10.6 Å². The Bertz CT molecular complexity index is 1070.